The van der Waals surface area contributed by atoms with Gasteiger partial charge in [0.25, 0.3) is 5.91 Å². The van der Waals surface area contributed by atoms with Crippen molar-refractivity contribution >= 4 is 21.8 Å². The van der Waals surface area contributed by atoms with Crippen LogP contribution in [0.5, 0.6) is 0 Å². The van der Waals surface area contributed by atoms with Crippen molar-refractivity contribution in [2.24, 2.45) is 11.3 Å². The first-order valence-electron chi connectivity index (χ1n) is 5.98. The highest BCUT2D eigenvalue weighted by atomic mass is 79.9. The van der Waals surface area contributed by atoms with Gasteiger partial charge in [0.15, 0.2) is 0 Å². The number of hydrogen-bond donors (Lipinski definition) is 1. The lowest BCUT2D eigenvalue weighted by Gasteiger charge is -2.29. The second-order valence-electron chi connectivity index (χ2n) is 5.43. The van der Waals surface area contributed by atoms with Crippen molar-refractivity contribution in [1.82, 2.24) is 5.32 Å². The van der Waals surface area contributed by atoms with Crippen LogP contribution in [0.3, 0.4) is 0 Å². The molecule has 0 aliphatic rings. The lowest BCUT2D eigenvalue weighted by molar-refractivity contribution is 0.0920. The van der Waals surface area contributed by atoms with Gasteiger partial charge in [-0.3, -0.25) is 4.79 Å². The van der Waals surface area contributed by atoms with E-state index in [9.17, 15) is 9.18 Å². The number of halogens is 2. The summed E-state index contributed by atoms with van der Waals surface area (Å²) in [5, 5.41) is 2.79. The van der Waals surface area contributed by atoms with E-state index in [1.54, 1.807) is 12.1 Å². The second-order valence-corrected chi connectivity index (χ2v) is 6.28. The Morgan fingerprint density at radius 2 is 2.06 bits per heavy atom. The van der Waals surface area contributed by atoms with Crippen LogP contribution < -0.4 is 5.32 Å². The first kappa shape index (κ1) is 15.2. The summed E-state index contributed by atoms with van der Waals surface area (Å²) in [6.45, 7) is 8.89. The van der Waals surface area contributed by atoms with E-state index >= 15 is 0 Å². The third-order valence-electron chi connectivity index (χ3n) is 3.46. The number of rotatable bonds is 4. The largest absolute Gasteiger partial charge is 0.351 e. The van der Waals surface area contributed by atoms with Gasteiger partial charge in [0.2, 0.25) is 0 Å². The molecule has 0 atom stereocenters. The maximum atomic E-state index is 13.7. The maximum absolute atomic E-state index is 13.7. The molecule has 0 bridgehead atoms. The summed E-state index contributed by atoms with van der Waals surface area (Å²) in [6.07, 6.45) is 0. The molecule has 0 saturated heterocycles. The van der Waals surface area contributed by atoms with Crippen LogP contribution in [0.1, 0.15) is 38.1 Å². The molecule has 0 fully saturated rings. The standard InChI is InChI=1S/C14H19BrFNO/c1-9(2)14(3,4)8-17-13(18)10-6-5-7-11(15)12(10)16/h5-7,9H,8H2,1-4H3,(H,17,18). The van der Waals surface area contributed by atoms with Gasteiger partial charge in [-0.1, -0.05) is 33.8 Å². The number of amides is 1. The minimum Gasteiger partial charge on any atom is -0.351 e. The maximum Gasteiger partial charge on any atom is 0.254 e. The smallest absolute Gasteiger partial charge is 0.254 e. The average Bonchev–Trinajstić information content (AvgIpc) is 2.29. The van der Waals surface area contributed by atoms with Crippen molar-refractivity contribution in [3.05, 3.63) is 34.1 Å². The quantitative estimate of drug-likeness (QED) is 0.894. The molecular formula is C14H19BrFNO. The molecule has 0 aromatic heterocycles. The Hall–Kier alpha value is -0.900. The highest BCUT2D eigenvalue weighted by Crippen LogP contribution is 2.25. The third kappa shape index (κ3) is 3.55. The van der Waals surface area contributed by atoms with Crippen molar-refractivity contribution < 1.29 is 9.18 Å². The molecule has 0 spiro atoms. The molecule has 0 heterocycles. The molecule has 0 aliphatic carbocycles. The first-order valence-corrected chi connectivity index (χ1v) is 6.77. The fourth-order valence-corrected chi connectivity index (χ4v) is 1.65. The topological polar surface area (TPSA) is 29.1 Å². The van der Waals surface area contributed by atoms with E-state index in [-0.39, 0.29) is 16.9 Å². The summed E-state index contributed by atoms with van der Waals surface area (Å²) >= 11 is 3.07. The lowest BCUT2D eigenvalue weighted by Crippen LogP contribution is -2.37. The van der Waals surface area contributed by atoms with Crippen LogP contribution in [0, 0.1) is 17.2 Å². The molecule has 2 nitrogen and oxygen atoms in total. The fourth-order valence-electron chi connectivity index (χ4n) is 1.29. The zero-order valence-corrected chi connectivity index (χ0v) is 12.8. The third-order valence-corrected chi connectivity index (χ3v) is 4.08. The predicted molar refractivity (Wildman–Crippen MR) is 75.1 cm³/mol. The Morgan fingerprint density at radius 1 is 1.44 bits per heavy atom. The fraction of sp³-hybridized carbons (Fsp3) is 0.500. The molecule has 1 amide bonds. The minimum atomic E-state index is -0.516. The molecule has 1 N–H and O–H groups in total. The zero-order chi connectivity index (χ0) is 13.9. The van der Waals surface area contributed by atoms with Gasteiger partial charge in [0.05, 0.1) is 10.0 Å². The van der Waals surface area contributed by atoms with Crippen molar-refractivity contribution in [2.75, 3.05) is 6.54 Å². The number of nitrogens with one attached hydrogen (secondary N) is 1. The number of carbonyl (C=O) groups is 1. The molecule has 1 aromatic carbocycles. The molecule has 0 saturated carbocycles. The van der Waals surface area contributed by atoms with E-state index in [2.05, 4.69) is 48.9 Å². The van der Waals surface area contributed by atoms with Crippen LogP contribution in [-0.4, -0.2) is 12.5 Å². The van der Waals surface area contributed by atoms with Crippen LogP contribution in [-0.2, 0) is 0 Å². The lowest BCUT2D eigenvalue weighted by atomic mass is 9.81. The Balaban J connectivity index is 2.75. The molecule has 100 valence electrons. The zero-order valence-electron chi connectivity index (χ0n) is 11.2. The Bertz CT molecular complexity index is 443. The van der Waals surface area contributed by atoms with Crippen LogP contribution in [0.15, 0.2) is 22.7 Å². The average molecular weight is 316 g/mol. The minimum absolute atomic E-state index is 0.0157. The van der Waals surface area contributed by atoms with Gasteiger partial charge < -0.3 is 5.32 Å². The van der Waals surface area contributed by atoms with Gasteiger partial charge in [-0.05, 0) is 39.4 Å². The molecule has 0 radical (unpaired) electrons. The Morgan fingerprint density at radius 3 is 2.61 bits per heavy atom. The number of benzene rings is 1. The highest BCUT2D eigenvalue weighted by molar-refractivity contribution is 9.10. The SMILES string of the molecule is CC(C)C(C)(C)CNC(=O)c1cccc(Br)c1F. The van der Waals surface area contributed by atoms with Gasteiger partial charge in [-0.15, -0.1) is 0 Å². The molecular weight excluding hydrogens is 297 g/mol. The van der Waals surface area contributed by atoms with Crippen LogP contribution in [0.25, 0.3) is 0 Å². The summed E-state index contributed by atoms with van der Waals surface area (Å²) in [4.78, 5) is 11.9. The molecule has 18 heavy (non-hydrogen) atoms. The van der Waals surface area contributed by atoms with E-state index in [1.807, 2.05) is 0 Å². The van der Waals surface area contributed by atoms with E-state index in [0.29, 0.717) is 16.9 Å². The molecule has 4 heteroatoms. The van der Waals surface area contributed by atoms with Gasteiger partial charge in [-0.25, -0.2) is 4.39 Å². The van der Waals surface area contributed by atoms with E-state index in [0.717, 1.165) is 0 Å². The van der Waals surface area contributed by atoms with Crippen LogP contribution >= 0.6 is 15.9 Å². The van der Waals surface area contributed by atoms with Gasteiger partial charge in [-0.2, -0.15) is 0 Å². The Labute approximate surface area is 116 Å². The monoisotopic (exact) mass is 315 g/mol. The van der Waals surface area contributed by atoms with Crippen molar-refractivity contribution in [3.63, 3.8) is 0 Å². The molecule has 1 aromatic rings. The van der Waals surface area contributed by atoms with Crippen molar-refractivity contribution in [3.8, 4) is 0 Å². The normalized spacial score (nSPS) is 11.7. The summed E-state index contributed by atoms with van der Waals surface area (Å²) in [7, 11) is 0. The molecule has 0 unspecified atom stereocenters. The van der Waals surface area contributed by atoms with Crippen molar-refractivity contribution in [1.29, 1.82) is 0 Å². The highest BCUT2D eigenvalue weighted by Gasteiger charge is 2.24. The van der Waals surface area contributed by atoms with Crippen LogP contribution in [0.4, 0.5) is 4.39 Å². The van der Waals surface area contributed by atoms with Gasteiger partial charge in [0.1, 0.15) is 5.82 Å². The number of carbonyl (C=O) groups excluding carboxylic acids is 1. The van der Waals surface area contributed by atoms with E-state index in [4.69, 9.17) is 0 Å². The van der Waals surface area contributed by atoms with Crippen molar-refractivity contribution in [2.45, 2.75) is 27.7 Å². The summed E-state index contributed by atoms with van der Waals surface area (Å²) < 4.78 is 14.0. The predicted octanol–water partition coefficient (Wildman–Crippen LogP) is 4.00. The Kier molecular flexibility index (Phi) is 4.91. The second kappa shape index (κ2) is 5.83. The first-order chi connectivity index (χ1) is 8.25. The van der Waals surface area contributed by atoms with Gasteiger partial charge >= 0.3 is 0 Å². The van der Waals surface area contributed by atoms with E-state index < -0.39 is 5.82 Å². The molecule has 0 aliphatic heterocycles. The molecule has 1 rings (SSSR count). The van der Waals surface area contributed by atoms with Gasteiger partial charge in [0, 0.05) is 6.54 Å². The summed E-state index contributed by atoms with van der Waals surface area (Å²) in [6, 6.07) is 4.71. The summed E-state index contributed by atoms with van der Waals surface area (Å²) in [5.41, 5.74) is 0.0574. The van der Waals surface area contributed by atoms with Crippen LogP contribution in [0.2, 0.25) is 0 Å². The van der Waals surface area contributed by atoms with E-state index in [1.165, 1.54) is 6.07 Å². The number of hydrogen-bond acceptors (Lipinski definition) is 1. The summed E-state index contributed by atoms with van der Waals surface area (Å²) in [5.74, 6) is -0.454.